The highest BCUT2D eigenvalue weighted by molar-refractivity contribution is 8.26. The van der Waals surface area contributed by atoms with Crippen LogP contribution in [0, 0.1) is 6.92 Å². The molecule has 146 valence electrons. The quantitative estimate of drug-likeness (QED) is 0.416. The number of carbonyl (C=O) groups is 1. The fourth-order valence-electron chi connectivity index (χ4n) is 3.21. The van der Waals surface area contributed by atoms with Gasteiger partial charge in [0.1, 0.15) is 4.32 Å². The van der Waals surface area contributed by atoms with Crippen LogP contribution in [0.1, 0.15) is 25.0 Å². The van der Waals surface area contributed by atoms with Gasteiger partial charge in [0.25, 0.3) is 5.91 Å². The van der Waals surface area contributed by atoms with Crippen molar-refractivity contribution in [3.8, 4) is 16.9 Å². The summed E-state index contributed by atoms with van der Waals surface area (Å²) in [7, 11) is 0. The number of amides is 1. The molecule has 0 radical (unpaired) electrons. The summed E-state index contributed by atoms with van der Waals surface area (Å²) in [6.07, 6.45) is 3.87. The zero-order chi connectivity index (χ0) is 20.5. The third-order valence-electron chi connectivity index (χ3n) is 4.71. The molecule has 0 spiro atoms. The average Bonchev–Trinajstić information content (AvgIpc) is 3.24. The van der Waals surface area contributed by atoms with E-state index in [0.29, 0.717) is 9.23 Å². The molecule has 3 aromatic rings. The van der Waals surface area contributed by atoms with Crippen molar-refractivity contribution in [2.45, 2.75) is 26.8 Å². The smallest absolute Gasteiger partial charge is 0.266 e. The Morgan fingerprint density at radius 3 is 2.38 bits per heavy atom. The van der Waals surface area contributed by atoms with Gasteiger partial charge in [-0.3, -0.25) is 9.69 Å². The first-order valence-corrected chi connectivity index (χ1v) is 10.7. The maximum absolute atomic E-state index is 12.9. The summed E-state index contributed by atoms with van der Waals surface area (Å²) in [5.41, 5.74) is 4.90. The molecule has 0 unspecified atom stereocenters. The van der Waals surface area contributed by atoms with E-state index in [2.05, 4.69) is 31.2 Å². The number of nitrogens with zero attached hydrogens (tertiary/aromatic N) is 3. The number of para-hydroxylation sites is 1. The monoisotopic (exact) mass is 419 g/mol. The van der Waals surface area contributed by atoms with Crippen LogP contribution in [0.2, 0.25) is 0 Å². The van der Waals surface area contributed by atoms with Crippen molar-refractivity contribution in [1.82, 2.24) is 14.7 Å². The van der Waals surface area contributed by atoms with Gasteiger partial charge in [0.15, 0.2) is 0 Å². The standard InChI is InChI=1S/C23H21N3OS2/c1-15(2)26-22(27)20(29-23(26)28)13-18-14-25(19-7-5-4-6-8-19)24-21(18)17-11-9-16(3)10-12-17/h4-15H,1-3H3/b20-13+. The van der Waals surface area contributed by atoms with E-state index in [1.54, 1.807) is 4.90 Å². The number of aryl methyl sites for hydroxylation is 1. The lowest BCUT2D eigenvalue weighted by Gasteiger charge is -2.18. The summed E-state index contributed by atoms with van der Waals surface area (Å²) >= 11 is 6.76. The van der Waals surface area contributed by atoms with Crippen LogP contribution < -0.4 is 0 Å². The third kappa shape index (κ3) is 3.91. The lowest BCUT2D eigenvalue weighted by molar-refractivity contribution is -0.123. The van der Waals surface area contributed by atoms with Crippen LogP contribution in [0.4, 0.5) is 0 Å². The van der Waals surface area contributed by atoms with Crippen molar-refractivity contribution >= 4 is 40.3 Å². The molecule has 0 atom stereocenters. The molecule has 0 bridgehead atoms. The molecule has 1 aliphatic heterocycles. The van der Waals surface area contributed by atoms with Crippen LogP contribution in [0.3, 0.4) is 0 Å². The zero-order valence-electron chi connectivity index (χ0n) is 16.5. The molecule has 1 aliphatic rings. The number of thiocarbonyl (C=S) groups is 1. The van der Waals surface area contributed by atoms with Crippen LogP contribution in [-0.2, 0) is 4.79 Å². The fourth-order valence-corrected chi connectivity index (χ4v) is 4.72. The lowest BCUT2D eigenvalue weighted by atomic mass is 10.1. The first-order valence-electron chi connectivity index (χ1n) is 9.43. The summed E-state index contributed by atoms with van der Waals surface area (Å²) in [6, 6.07) is 18.3. The largest absolute Gasteiger partial charge is 0.290 e. The van der Waals surface area contributed by atoms with Gasteiger partial charge in [-0.2, -0.15) is 5.10 Å². The number of carbonyl (C=O) groups excluding carboxylic acids is 1. The van der Waals surface area contributed by atoms with E-state index in [1.807, 2.05) is 61.1 Å². The first kappa shape index (κ1) is 19.6. The molecule has 0 N–H and O–H groups in total. The number of rotatable bonds is 4. The van der Waals surface area contributed by atoms with Crippen LogP contribution in [0.5, 0.6) is 0 Å². The Morgan fingerprint density at radius 1 is 1.07 bits per heavy atom. The van der Waals surface area contributed by atoms with Gasteiger partial charge in [-0.1, -0.05) is 72.0 Å². The highest BCUT2D eigenvalue weighted by atomic mass is 32.2. The second kappa shape index (κ2) is 7.97. The van der Waals surface area contributed by atoms with Crippen LogP contribution in [0.25, 0.3) is 23.0 Å². The number of hydrogen-bond donors (Lipinski definition) is 0. The molecule has 1 fully saturated rings. The number of thioether (sulfide) groups is 1. The van der Waals surface area contributed by atoms with E-state index in [0.717, 1.165) is 22.5 Å². The minimum atomic E-state index is -0.0442. The minimum Gasteiger partial charge on any atom is -0.290 e. The van der Waals surface area contributed by atoms with Gasteiger partial charge >= 0.3 is 0 Å². The highest BCUT2D eigenvalue weighted by Crippen LogP contribution is 2.35. The molecule has 1 aromatic heterocycles. The molecule has 4 nitrogen and oxygen atoms in total. The second-order valence-corrected chi connectivity index (χ2v) is 8.90. The van der Waals surface area contributed by atoms with E-state index in [-0.39, 0.29) is 11.9 Å². The van der Waals surface area contributed by atoms with Crippen molar-refractivity contribution in [2.75, 3.05) is 0 Å². The van der Waals surface area contributed by atoms with Crippen molar-refractivity contribution in [2.24, 2.45) is 0 Å². The molecular weight excluding hydrogens is 398 g/mol. The molecule has 1 saturated heterocycles. The van der Waals surface area contributed by atoms with Gasteiger partial charge in [0, 0.05) is 23.4 Å². The molecular formula is C23H21N3OS2. The summed E-state index contributed by atoms with van der Waals surface area (Å²) in [6.45, 7) is 6.00. The molecule has 0 aliphatic carbocycles. The summed E-state index contributed by atoms with van der Waals surface area (Å²) in [4.78, 5) is 15.1. The van der Waals surface area contributed by atoms with Crippen molar-refractivity contribution in [1.29, 1.82) is 0 Å². The topological polar surface area (TPSA) is 38.1 Å². The maximum Gasteiger partial charge on any atom is 0.266 e. The normalized spacial score (nSPS) is 15.7. The Morgan fingerprint density at radius 2 is 1.76 bits per heavy atom. The third-order valence-corrected chi connectivity index (χ3v) is 6.05. The molecule has 1 amide bonds. The van der Waals surface area contributed by atoms with E-state index in [9.17, 15) is 4.79 Å². The van der Waals surface area contributed by atoms with E-state index < -0.39 is 0 Å². The van der Waals surface area contributed by atoms with Crippen molar-refractivity contribution in [3.63, 3.8) is 0 Å². The summed E-state index contributed by atoms with van der Waals surface area (Å²) < 4.78 is 2.45. The van der Waals surface area contributed by atoms with Gasteiger partial charge in [-0.25, -0.2) is 4.68 Å². The van der Waals surface area contributed by atoms with E-state index in [1.165, 1.54) is 17.3 Å². The Labute approximate surface area is 180 Å². The minimum absolute atomic E-state index is 0.0389. The fraction of sp³-hybridized carbons (Fsp3) is 0.174. The first-order chi connectivity index (χ1) is 13.9. The van der Waals surface area contributed by atoms with Gasteiger partial charge in [-0.05, 0) is 39.0 Å². The van der Waals surface area contributed by atoms with Gasteiger partial charge in [0.05, 0.1) is 16.3 Å². The predicted octanol–water partition coefficient (Wildman–Crippen LogP) is 5.46. The van der Waals surface area contributed by atoms with Crippen molar-refractivity contribution < 1.29 is 4.79 Å². The van der Waals surface area contributed by atoms with Gasteiger partial charge < -0.3 is 0 Å². The highest BCUT2D eigenvalue weighted by Gasteiger charge is 2.34. The van der Waals surface area contributed by atoms with E-state index >= 15 is 0 Å². The molecule has 4 rings (SSSR count). The Balaban J connectivity index is 1.82. The molecule has 6 heteroatoms. The predicted molar refractivity (Wildman–Crippen MR) is 124 cm³/mol. The van der Waals surface area contributed by atoms with Crippen molar-refractivity contribution in [3.05, 3.63) is 76.8 Å². The molecule has 2 aromatic carbocycles. The SMILES string of the molecule is Cc1ccc(-c2nn(-c3ccccc3)cc2/C=C2/SC(=S)N(C(C)C)C2=O)cc1. The Kier molecular flexibility index (Phi) is 5.39. The molecule has 29 heavy (non-hydrogen) atoms. The zero-order valence-corrected chi connectivity index (χ0v) is 18.1. The lowest BCUT2D eigenvalue weighted by Crippen LogP contribution is -2.34. The van der Waals surface area contributed by atoms with Gasteiger partial charge in [0.2, 0.25) is 0 Å². The van der Waals surface area contributed by atoms with Gasteiger partial charge in [-0.15, -0.1) is 0 Å². The van der Waals surface area contributed by atoms with Crippen LogP contribution >= 0.6 is 24.0 Å². The average molecular weight is 420 g/mol. The second-order valence-electron chi connectivity index (χ2n) is 7.22. The van der Waals surface area contributed by atoms with Crippen LogP contribution in [-0.4, -0.2) is 30.9 Å². The number of hydrogen-bond acceptors (Lipinski definition) is 4. The number of aromatic nitrogens is 2. The summed E-state index contributed by atoms with van der Waals surface area (Å²) in [5.74, 6) is -0.0442. The maximum atomic E-state index is 12.9. The van der Waals surface area contributed by atoms with E-state index in [4.69, 9.17) is 17.3 Å². The Bertz CT molecular complexity index is 1100. The Hall–Kier alpha value is -2.70. The molecule has 2 heterocycles. The number of benzene rings is 2. The molecule has 0 saturated carbocycles. The van der Waals surface area contributed by atoms with Crippen LogP contribution in [0.15, 0.2) is 65.7 Å². The summed E-state index contributed by atoms with van der Waals surface area (Å²) in [5, 5.41) is 4.83.